The molecule has 4 aromatic heterocycles. The third kappa shape index (κ3) is 6.21. The van der Waals surface area contributed by atoms with Crippen molar-refractivity contribution < 1.29 is 4.74 Å². The van der Waals surface area contributed by atoms with E-state index in [4.69, 9.17) is 9.72 Å². The summed E-state index contributed by atoms with van der Waals surface area (Å²) in [6, 6.07) is 8.92. The van der Waals surface area contributed by atoms with Crippen molar-refractivity contribution in [1.82, 2.24) is 30.4 Å². The molecule has 1 aliphatic rings. The summed E-state index contributed by atoms with van der Waals surface area (Å²) >= 11 is 1.66. The molecule has 0 amide bonds. The number of nitrogens with one attached hydrogen (secondary N) is 1. The predicted octanol–water partition coefficient (Wildman–Crippen LogP) is 6.12. The second-order valence-electron chi connectivity index (χ2n) is 10.4. The van der Waals surface area contributed by atoms with E-state index in [0.29, 0.717) is 12.6 Å². The van der Waals surface area contributed by atoms with Gasteiger partial charge in [-0.2, -0.15) is 10.2 Å². The van der Waals surface area contributed by atoms with Crippen LogP contribution in [0.3, 0.4) is 0 Å². The van der Waals surface area contributed by atoms with Crippen LogP contribution in [-0.2, 0) is 4.74 Å². The standard InChI is InChI=1S/C25H32N8OSSi/c1-36(2,3)13-12-34-17-33(25-32-31-24(35-25)18-6-4-5-7-18)23-9-8-21-22(30-23)14-20(15-26-21)29-19-10-11-27-28-16-19/h8-11,14-16,18H,4-7,12-13,17H2,1-3H3,(H,27,29). The summed E-state index contributed by atoms with van der Waals surface area (Å²) in [6.07, 6.45) is 10.1. The number of hydrogen-bond donors (Lipinski definition) is 1. The molecule has 36 heavy (non-hydrogen) atoms. The number of aromatic nitrogens is 6. The van der Waals surface area contributed by atoms with Crippen LogP contribution in [0.1, 0.15) is 36.6 Å². The van der Waals surface area contributed by atoms with Crippen LogP contribution in [0.2, 0.25) is 25.7 Å². The number of ether oxygens (including phenoxy) is 1. The van der Waals surface area contributed by atoms with E-state index < -0.39 is 8.07 Å². The number of fused-ring (bicyclic) bond motifs is 1. The molecule has 4 aromatic rings. The fraction of sp³-hybridized carbons (Fsp3) is 0.440. The van der Waals surface area contributed by atoms with Crippen molar-refractivity contribution in [1.29, 1.82) is 0 Å². The SMILES string of the molecule is C[Si](C)(C)CCOCN(c1ccc2ncc(Nc3ccnnc3)cc2n1)c1nnc(C2CCCC2)s1. The maximum absolute atomic E-state index is 6.15. The van der Waals surface area contributed by atoms with Crippen molar-refractivity contribution >= 4 is 52.8 Å². The van der Waals surface area contributed by atoms with Gasteiger partial charge in [-0.05, 0) is 43.2 Å². The van der Waals surface area contributed by atoms with E-state index in [2.05, 4.69) is 50.3 Å². The first-order valence-electron chi connectivity index (χ1n) is 12.4. The summed E-state index contributed by atoms with van der Waals surface area (Å²) in [5.41, 5.74) is 3.28. The fourth-order valence-corrected chi connectivity index (χ4v) is 5.94. The average Bonchev–Trinajstić information content (AvgIpc) is 3.56. The molecule has 0 spiro atoms. The average molecular weight is 521 g/mol. The molecular weight excluding hydrogens is 488 g/mol. The van der Waals surface area contributed by atoms with Crippen LogP contribution in [0.15, 0.2) is 42.9 Å². The highest BCUT2D eigenvalue weighted by atomic mass is 32.1. The third-order valence-electron chi connectivity index (χ3n) is 6.25. The summed E-state index contributed by atoms with van der Waals surface area (Å²) in [6.45, 7) is 8.19. The van der Waals surface area contributed by atoms with Crippen LogP contribution in [-0.4, -0.2) is 51.8 Å². The van der Waals surface area contributed by atoms with Crippen molar-refractivity contribution in [3.05, 3.63) is 47.9 Å². The number of anilines is 4. The van der Waals surface area contributed by atoms with Gasteiger partial charge < -0.3 is 10.1 Å². The minimum atomic E-state index is -1.18. The molecule has 1 fully saturated rings. The van der Waals surface area contributed by atoms with E-state index in [1.165, 1.54) is 25.7 Å². The van der Waals surface area contributed by atoms with E-state index in [1.54, 1.807) is 29.9 Å². The zero-order chi connectivity index (χ0) is 25.0. The lowest BCUT2D eigenvalue weighted by atomic mass is 10.1. The molecule has 0 atom stereocenters. The van der Waals surface area contributed by atoms with Gasteiger partial charge in [0.15, 0.2) is 0 Å². The summed E-state index contributed by atoms with van der Waals surface area (Å²) < 4.78 is 6.15. The first kappa shape index (κ1) is 24.7. The third-order valence-corrected chi connectivity index (χ3v) is 9.07. The molecule has 0 bridgehead atoms. The summed E-state index contributed by atoms with van der Waals surface area (Å²) in [4.78, 5) is 11.6. The molecule has 188 valence electrons. The molecule has 1 aliphatic carbocycles. The zero-order valence-corrected chi connectivity index (χ0v) is 22.8. The molecule has 5 rings (SSSR count). The van der Waals surface area contributed by atoms with E-state index in [0.717, 1.165) is 51.0 Å². The molecule has 11 heteroatoms. The molecular formula is C25H32N8OSSi. The van der Waals surface area contributed by atoms with Gasteiger partial charge in [-0.15, -0.1) is 10.2 Å². The van der Waals surface area contributed by atoms with Gasteiger partial charge in [0, 0.05) is 20.6 Å². The number of nitrogens with zero attached hydrogens (tertiary/aromatic N) is 7. The highest BCUT2D eigenvalue weighted by Gasteiger charge is 2.24. The second-order valence-corrected chi connectivity index (χ2v) is 17.0. The van der Waals surface area contributed by atoms with Crippen LogP contribution in [0.4, 0.5) is 22.3 Å². The Morgan fingerprint density at radius 1 is 1.03 bits per heavy atom. The minimum Gasteiger partial charge on any atom is -0.361 e. The lowest BCUT2D eigenvalue weighted by Crippen LogP contribution is -2.26. The Labute approximate surface area is 216 Å². The zero-order valence-electron chi connectivity index (χ0n) is 21.0. The highest BCUT2D eigenvalue weighted by molar-refractivity contribution is 7.15. The van der Waals surface area contributed by atoms with Crippen molar-refractivity contribution in [2.75, 3.05) is 23.6 Å². The molecule has 1 saturated carbocycles. The van der Waals surface area contributed by atoms with Gasteiger partial charge in [-0.1, -0.05) is 43.8 Å². The Bertz CT molecular complexity index is 1290. The summed E-state index contributed by atoms with van der Waals surface area (Å²) in [5.74, 6) is 1.30. The lowest BCUT2D eigenvalue weighted by molar-refractivity contribution is 0.153. The molecule has 0 radical (unpaired) electrons. The van der Waals surface area contributed by atoms with Gasteiger partial charge in [0.1, 0.15) is 17.6 Å². The maximum Gasteiger partial charge on any atom is 0.215 e. The molecule has 9 nitrogen and oxygen atoms in total. The fourth-order valence-electron chi connectivity index (χ4n) is 4.17. The Morgan fingerprint density at radius 3 is 2.67 bits per heavy atom. The van der Waals surface area contributed by atoms with Gasteiger partial charge in [-0.3, -0.25) is 9.88 Å². The molecule has 0 aliphatic heterocycles. The molecule has 4 heterocycles. The van der Waals surface area contributed by atoms with Crippen LogP contribution in [0.25, 0.3) is 11.0 Å². The Kier molecular flexibility index (Phi) is 7.49. The first-order chi connectivity index (χ1) is 17.4. The van der Waals surface area contributed by atoms with Gasteiger partial charge in [0.25, 0.3) is 0 Å². The quantitative estimate of drug-likeness (QED) is 0.150. The minimum absolute atomic E-state index is 0.385. The van der Waals surface area contributed by atoms with Gasteiger partial charge >= 0.3 is 0 Å². The summed E-state index contributed by atoms with van der Waals surface area (Å²) in [7, 11) is -1.18. The maximum atomic E-state index is 6.15. The van der Waals surface area contributed by atoms with E-state index in [9.17, 15) is 0 Å². The lowest BCUT2D eigenvalue weighted by Gasteiger charge is -2.22. The Balaban J connectivity index is 1.41. The van der Waals surface area contributed by atoms with E-state index in [1.807, 2.05) is 29.2 Å². The van der Waals surface area contributed by atoms with Crippen molar-refractivity contribution in [2.24, 2.45) is 0 Å². The van der Waals surface area contributed by atoms with Gasteiger partial charge in [0.2, 0.25) is 5.13 Å². The Hall–Kier alpha value is -3.02. The topological polar surface area (TPSA) is 102 Å². The monoisotopic (exact) mass is 520 g/mol. The van der Waals surface area contributed by atoms with Crippen molar-refractivity contribution in [3.8, 4) is 0 Å². The smallest absolute Gasteiger partial charge is 0.215 e. The van der Waals surface area contributed by atoms with Crippen molar-refractivity contribution in [2.45, 2.75) is 57.3 Å². The summed E-state index contributed by atoms with van der Waals surface area (Å²) in [5, 5.41) is 22.1. The number of hydrogen-bond acceptors (Lipinski definition) is 10. The van der Waals surface area contributed by atoms with Crippen LogP contribution >= 0.6 is 11.3 Å². The highest BCUT2D eigenvalue weighted by Crippen LogP contribution is 2.38. The van der Waals surface area contributed by atoms with E-state index >= 15 is 0 Å². The molecule has 1 N–H and O–H groups in total. The number of pyridine rings is 2. The van der Waals surface area contributed by atoms with Crippen molar-refractivity contribution in [3.63, 3.8) is 0 Å². The van der Waals surface area contributed by atoms with Crippen LogP contribution < -0.4 is 10.2 Å². The van der Waals surface area contributed by atoms with Crippen LogP contribution in [0, 0.1) is 0 Å². The number of rotatable bonds is 10. The second kappa shape index (κ2) is 10.9. The normalized spacial score (nSPS) is 14.4. The van der Waals surface area contributed by atoms with Gasteiger partial charge in [-0.25, -0.2) is 4.98 Å². The first-order valence-corrected chi connectivity index (χ1v) is 17.0. The Morgan fingerprint density at radius 2 is 1.89 bits per heavy atom. The molecule has 0 aromatic carbocycles. The van der Waals surface area contributed by atoms with Crippen LogP contribution in [0.5, 0.6) is 0 Å². The molecule has 0 unspecified atom stereocenters. The largest absolute Gasteiger partial charge is 0.361 e. The predicted molar refractivity (Wildman–Crippen MR) is 147 cm³/mol. The van der Waals surface area contributed by atoms with E-state index in [-0.39, 0.29) is 0 Å². The van der Waals surface area contributed by atoms with Gasteiger partial charge in [0.05, 0.1) is 41.0 Å². The molecule has 0 saturated heterocycles.